The SMILES string of the molecule is Cc1ccc(-c2nc(Cl)c(C#N)n2C)cc1. The molecular formula is C12H10ClN3. The van der Waals surface area contributed by atoms with Crippen molar-refractivity contribution in [1.29, 1.82) is 5.26 Å². The minimum absolute atomic E-state index is 0.251. The molecule has 0 N–H and O–H groups in total. The molecule has 0 aliphatic rings. The maximum Gasteiger partial charge on any atom is 0.166 e. The first-order valence-corrected chi connectivity index (χ1v) is 5.20. The molecule has 4 heteroatoms. The van der Waals surface area contributed by atoms with Gasteiger partial charge in [-0.2, -0.15) is 5.26 Å². The van der Waals surface area contributed by atoms with E-state index >= 15 is 0 Å². The zero-order chi connectivity index (χ0) is 11.7. The molecule has 1 aromatic heterocycles. The predicted molar refractivity (Wildman–Crippen MR) is 63.1 cm³/mol. The van der Waals surface area contributed by atoms with E-state index in [-0.39, 0.29) is 5.15 Å². The minimum atomic E-state index is 0.251. The van der Waals surface area contributed by atoms with Crippen LogP contribution >= 0.6 is 11.6 Å². The Morgan fingerprint density at radius 1 is 1.31 bits per heavy atom. The zero-order valence-corrected chi connectivity index (χ0v) is 9.78. The lowest BCUT2D eigenvalue weighted by molar-refractivity contribution is 0.907. The summed E-state index contributed by atoms with van der Waals surface area (Å²) in [7, 11) is 1.78. The molecule has 2 rings (SSSR count). The van der Waals surface area contributed by atoms with Gasteiger partial charge in [0, 0.05) is 12.6 Å². The highest BCUT2D eigenvalue weighted by Crippen LogP contribution is 2.24. The lowest BCUT2D eigenvalue weighted by Crippen LogP contribution is -1.95. The molecule has 0 spiro atoms. The number of imidazole rings is 1. The molecule has 0 fully saturated rings. The van der Waals surface area contributed by atoms with Crippen molar-refractivity contribution in [2.24, 2.45) is 7.05 Å². The zero-order valence-electron chi connectivity index (χ0n) is 9.03. The molecule has 0 atom stereocenters. The van der Waals surface area contributed by atoms with Gasteiger partial charge in [-0.25, -0.2) is 4.98 Å². The molecule has 0 amide bonds. The maximum atomic E-state index is 8.91. The third-order valence-electron chi connectivity index (χ3n) is 2.47. The highest BCUT2D eigenvalue weighted by molar-refractivity contribution is 6.30. The minimum Gasteiger partial charge on any atom is -0.318 e. The summed E-state index contributed by atoms with van der Waals surface area (Å²) in [6.07, 6.45) is 0. The largest absolute Gasteiger partial charge is 0.318 e. The topological polar surface area (TPSA) is 41.6 Å². The number of benzene rings is 1. The van der Waals surface area contributed by atoms with E-state index in [1.165, 1.54) is 5.56 Å². The van der Waals surface area contributed by atoms with Crippen molar-refractivity contribution in [3.05, 3.63) is 40.7 Å². The number of hydrogen-bond acceptors (Lipinski definition) is 2. The summed E-state index contributed by atoms with van der Waals surface area (Å²) in [5.41, 5.74) is 2.53. The summed E-state index contributed by atoms with van der Waals surface area (Å²) in [5, 5.41) is 9.16. The quantitative estimate of drug-likeness (QED) is 0.757. The fourth-order valence-corrected chi connectivity index (χ4v) is 1.80. The van der Waals surface area contributed by atoms with Crippen LogP contribution in [0.2, 0.25) is 5.15 Å². The van der Waals surface area contributed by atoms with Crippen LogP contribution in [-0.4, -0.2) is 9.55 Å². The fraction of sp³-hybridized carbons (Fsp3) is 0.167. The molecule has 0 aliphatic carbocycles. The number of aromatic nitrogens is 2. The maximum absolute atomic E-state index is 8.91. The molecule has 0 saturated heterocycles. The van der Waals surface area contributed by atoms with Crippen LogP contribution in [0, 0.1) is 18.3 Å². The monoisotopic (exact) mass is 231 g/mol. The van der Waals surface area contributed by atoms with Crippen LogP contribution < -0.4 is 0 Å². The number of nitrogens with zero attached hydrogens (tertiary/aromatic N) is 3. The average Bonchev–Trinajstić information content (AvgIpc) is 2.55. The van der Waals surface area contributed by atoms with Crippen molar-refractivity contribution in [3.8, 4) is 17.5 Å². The molecule has 0 saturated carbocycles. The molecule has 0 unspecified atom stereocenters. The predicted octanol–water partition coefficient (Wildman–Crippen LogP) is 2.92. The Labute approximate surface area is 98.9 Å². The molecule has 0 aliphatic heterocycles. The van der Waals surface area contributed by atoms with Gasteiger partial charge in [-0.05, 0) is 6.92 Å². The van der Waals surface area contributed by atoms with Crippen LogP contribution in [-0.2, 0) is 7.05 Å². The molecular weight excluding hydrogens is 222 g/mol. The molecule has 16 heavy (non-hydrogen) atoms. The van der Waals surface area contributed by atoms with Gasteiger partial charge in [-0.3, -0.25) is 0 Å². The lowest BCUT2D eigenvalue weighted by atomic mass is 10.1. The summed E-state index contributed by atoms with van der Waals surface area (Å²) in [6.45, 7) is 2.02. The number of nitriles is 1. The smallest absolute Gasteiger partial charge is 0.166 e. The normalized spacial score (nSPS) is 10.1. The van der Waals surface area contributed by atoms with E-state index in [9.17, 15) is 0 Å². The van der Waals surface area contributed by atoms with Crippen molar-refractivity contribution in [2.75, 3.05) is 0 Å². The Hall–Kier alpha value is -1.79. The van der Waals surface area contributed by atoms with Crippen LogP contribution in [0.5, 0.6) is 0 Å². The molecule has 3 nitrogen and oxygen atoms in total. The Kier molecular flexibility index (Phi) is 2.67. The van der Waals surface area contributed by atoms with Gasteiger partial charge >= 0.3 is 0 Å². The summed E-state index contributed by atoms with van der Waals surface area (Å²) in [4.78, 5) is 4.19. The van der Waals surface area contributed by atoms with E-state index in [0.717, 1.165) is 5.56 Å². The molecule has 1 aromatic carbocycles. The van der Waals surface area contributed by atoms with Crippen LogP contribution in [0.4, 0.5) is 0 Å². The van der Waals surface area contributed by atoms with Gasteiger partial charge < -0.3 is 4.57 Å². The van der Waals surface area contributed by atoms with Gasteiger partial charge in [0.25, 0.3) is 0 Å². The van der Waals surface area contributed by atoms with Crippen LogP contribution in [0.3, 0.4) is 0 Å². The second kappa shape index (κ2) is 3.99. The molecule has 0 bridgehead atoms. The van der Waals surface area contributed by atoms with Crippen LogP contribution in [0.25, 0.3) is 11.4 Å². The summed E-state index contributed by atoms with van der Waals surface area (Å²) in [5.74, 6) is 0.710. The van der Waals surface area contributed by atoms with E-state index in [1.807, 2.05) is 37.3 Å². The van der Waals surface area contributed by atoms with Gasteiger partial charge in [0.2, 0.25) is 0 Å². The molecule has 80 valence electrons. The van der Waals surface area contributed by atoms with Crippen LogP contribution in [0.1, 0.15) is 11.3 Å². The van der Waals surface area contributed by atoms with Crippen molar-refractivity contribution in [1.82, 2.24) is 9.55 Å². The standard InChI is InChI=1S/C12H10ClN3/c1-8-3-5-9(6-4-8)12-15-11(13)10(7-14)16(12)2/h3-6H,1-2H3. The van der Waals surface area contributed by atoms with E-state index in [1.54, 1.807) is 11.6 Å². The lowest BCUT2D eigenvalue weighted by Gasteiger charge is -2.02. The van der Waals surface area contributed by atoms with E-state index < -0.39 is 0 Å². The van der Waals surface area contributed by atoms with Crippen molar-refractivity contribution >= 4 is 11.6 Å². The molecule has 0 radical (unpaired) electrons. The third kappa shape index (κ3) is 1.68. The highest BCUT2D eigenvalue weighted by Gasteiger charge is 2.13. The Bertz CT molecular complexity index is 561. The van der Waals surface area contributed by atoms with E-state index in [0.29, 0.717) is 11.5 Å². The average molecular weight is 232 g/mol. The van der Waals surface area contributed by atoms with Gasteiger partial charge in [-0.15, -0.1) is 0 Å². The number of hydrogen-bond donors (Lipinski definition) is 0. The van der Waals surface area contributed by atoms with Gasteiger partial charge in [0.15, 0.2) is 10.8 Å². The van der Waals surface area contributed by atoms with Crippen molar-refractivity contribution < 1.29 is 0 Å². The first-order chi connectivity index (χ1) is 7.63. The van der Waals surface area contributed by atoms with Crippen molar-refractivity contribution in [2.45, 2.75) is 6.92 Å². The number of aryl methyl sites for hydroxylation is 1. The fourth-order valence-electron chi connectivity index (χ4n) is 1.55. The molecule has 2 aromatic rings. The second-order valence-electron chi connectivity index (χ2n) is 3.61. The number of rotatable bonds is 1. The second-order valence-corrected chi connectivity index (χ2v) is 3.97. The van der Waals surface area contributed by atoms with Gasteiger partial charge in [0.05, 0.1) is 0 Å². The van der Waals surface area contributed by atoms with Crippen LogP contribution in [0.15, 0.2) is 24.3 Å². The summed E-state index contributed by atoms with van der Waals surface area (Å²) >= 11 is 5.88. The Balaban J connectivity index is 2.58. The first-order valence-electron chi connectivity index (χ1n) is 4.83. The highest BCUT2D eigenvalue weighted by atomic mass is 35.5. The first kappa shape index (κ1) is 10.7. The third-order valence-corrected chi connectivity index (χ3v) is 2.73. The molecule has 1 heterocycles. The van der Waals surface area contributed by atoms with E-state index in [4.69, 9.17) is 16.9 Å². The summed E-state index contributed by atoms with van der Waals surface area (Å²) in [6, 6.07) is 9.98. The van der Waals surface area contributed by atoms with E-state index in [2.05, 4.69) is 4.98 Å². The van der Waals surface area contributed by atoms with Gasteiger partial charge in [-0.1, -0.05) is 41.4 Å². The number of halogens is 1. The van der Waals surface area contributed by atoms with Gasteiger partial charge in [0.1, 0.15) is 11.9 Å². The Morgan fingerprint density at radius 2 is 1.94 bits per heavy atom. The van der Waals surface area contributed by atoms with Crippen molar-refractivity contribution in [3.63, 3.8) is 0 Å². The summed E-state index contributed by atoms with van der Waals surface area (Å²) < 4.78 is 1.70. The Morgan fingerprint density at radius 3 is 2.44 bits per heavy atom.